The summed E-state index contributed by atoms with van der Waals surface area (Å²) < 4.78 is 36.9. The van der Waals surface area contributed by atoms with Crippen molar-refractivity contribution in [3.63, 3.8) is 0 Å². The lowest BCUT2D eigenvalue weighted by Crippen LogP contribution is -2.47. The lowest BCUT2D eigenvalue weighted by molar-refractivity contribution is -0.192. The lowest BCUT2D eigenvalue weighted by atomic mass is 9.78. The van der Waals surface area contributed by atoms with Crippen molar-refractivity contribution in [3.05, 3.63) is 22.4 Å². The number of hydrogen-bond acceptors (Lipinski definition) is 5. The van der Waals surface area contributed by atoms with Gasteiger partial charge < -0.3 is 14.7 Å². The smallest absolute Gasteiger partial charge is 0.475 e. The third-order valence-electron chi connectivity index (χ3n) is 5.02. The molecule has 2 aliphatic heterocycles. The summed E-state index contributed by atoms with van der Waals surface area (Å²) in [6.07, 6.45) is -1.89. The monoisotopic (exact) mass is 422 g/mol. The number of likely N-dealkylation sites (tertiary alicyclic amines) is 2. The second-order valence-electron chi connectivity index (χ2n) is 7.01. The van der Waals surface area contributed by atoms with Crippen molar-refractivity contribution in [2.45, 2.75) is 32.0 Å². The van der Waals surface area contributed by atoms with Gasteiger partial charge in [0.05, 0.1) is 12.0 Å². The van der Waals surface area contributed by atoms with Crippen molar-refractivity contribution >= 4 is 23.2 Å². The maximum absolute atomic E-state index is 12.8. The lowest BCUT2D eigenvalue weighted by Gasteiger charge is -2.38. The maximum atomic E-state index is 12.8. The Morgan fingerprint density at radius 3 is 2.64 bits per heavy atom. The molecule has 1 amide bonds. The first kappa shape index (κ1) is 22.6. The van der Waals surface area contributed by atoms with E-state index in [4.69, 9.17) is 14.6 Å². The molecule has 0 bridgehead atoms. The van der Waals surface area contributed by atoms with Gasteiger partial charge in [-0.3, -0.25) is 9.69 Å². The fraction of sp³-hybridized carbons (Fsp3) is 0.667. The van der Waals surface area contributed by atoms with E-state index in [1.807, 2.05) is 4.90 Å². The van der Waals surface area contributed by atoms with Crippen LogP contribution >= 0.6 is 11.3 Å². The molecule has 28 heavy (non-hydrogen) atoms. The van der Waals surface area contributed by atoms with Gasteiger partial charge in [0, 0.05) is 38.2 Å². The van der Waals surface area contributed by atoms with Crippen LogP contribution < -0.4 is 0 Å². The Hall–Kier alpha value is -1.65. The Kier molecular flexibility index (Phi) is 7.85. The van der Waals surface area contributed by atoms with Crippen LogP contribution in [0.5, 0.6) is 0 Å². The van der Waals surface area contributed by atoms with Crippen molar-refractivity contribution in [1.82, 2.24) is 9.80 Å². The van der Waals surface area contributed by atoms with E-state index in [1.54, 1.807) is 18.4 Å². The predicted octanol–water partition coefficient (Wildman–Crippen LogP) is 2.84. The summed E-state index contributed by atoms with van der Waals surface area (Å²) in [6.45, 7) is 5.31. The van der Waals surface area contributed by atoms with E-state index >= 15 is 0 Å². The van der Waals surface area contributed by atoms with Crippen molar-refractivity contribution in [1.29, 1.82) is 0 Å². The number of thiophene rings is 1. The van der Waals surface area contributed by atoms with E-state index in [0.717, 1.165) is 52.0 Å². The van der Waals surface area contributed by atoms with Crippen molar-refractivity contribution in [2.75, 3.05) is 39.9 Å². The number of carboxylic acid groups (broad SMARTS) is 1. The number of carbonyl (C=O) groups excluding carboxylic acids is 1. The summed E-state index contributed by atoms with van der Waals surface area (Å²) in [5.41, 5.74) is -0.122. The van der Waals surface area contributed by atoms with Crippen LogP contribution in [0.3, 0.4) is 0 Å². The van der Waals surface area contributed by atoms with Gasteiger partial charge in [0.15, 0.2) is 0 Å². The van der Waals surface area contributed by atoms with Crippen LogP contribution in [-0.2, 0) is 20.9 Å². The maximum Gasteiger partial charge on any atom is 0.490 e. The first-order valence-electron chi connectivity index (χ1n) is 9.01. The highest BCUT2D eigenvalue weighted by Crippen LogP contribution is 2.40. The highest BCUT2D eigenvalue weighted by molar-refractivity contribution is 7.09. The van der Waals surface area contributed by atoms with Gasteiger partial charge in [0.1, 0.15) is 0 Å². The molecule has 1 spiro atoms. The van der Waals surface area contributed by atoms with Crippen molar-refractivity contribution in [2.24, 2.45) is 5.41 Å². The molecule has 2 fully saturated rings. The average Bonchev–Trinajstić information content (AvgIpc) is 3.23. The minimum absolute atomic E-state index is 0.122. The number of nitrogens with zero attached hydrogens (tertiary/aromatic N) is 2. The number of carboxylic acids is 1. The summed E-state index contributed by atoms with van der Waals surface area (Å²) in [4.78, 5) is 27.5. The molecule has 10 heteroatoms. The number of amides is 1. The van der Waals surface area contributed by atoms with Crippen LogP contribution in [0.25, 0.3) is 0 Å². The largest absolute Gasteiger partial charge is 0.490 e. The second kappa shape index (κ2) is 9.71. The zero-order valence-electron chi connectivity index (χ0n) is 15.7. The van der Waals surface area contributed by atoms with E-state index in [-0.39, 0.29) is 5.41 Å². The number of piperidine rings is 1. The van der Waals surface area contributed by atoms with Gasteiger partial charge in [-0.15, -0.1) is 11.3 Å². The summed E-state index contributed by atoms with van der Waals surface area (Å²) in [5, 5.41) is 9.25. The summed E-state index contributed by atoms with van der Waals surface area (Å²) >= 11 is 1.81. The molecule has 3 rings (SSSR count). The van der Waals surface area contributed by atoms with Crippen LogP contribution in [0.15, 0.2) is 17.5 Å². The van der Waals surface area contributed by atoms with Crippen LogP contribution in [0.4, 0.5) is 13.2 Å². The van der Waals surface area contributed by atoms with Crippen molar-refractivity contribution in [3.8, 4) is 0 Å². The number of carbonyl (C=O) groups is 2. The van der Waals surface area contributed by atoms with Gasteiger partial charge in [0.25, 0.3) is 0 Å². The first-order chi connectivity index (χ1) is 13.2. The van der Waals surface area contributed by atoms with Gasteiger partial charge >= 0.3 is 12.1 Å². The molecule has 2 aliphatic rings. The number of ether oxygens (including phenoxy) is 1. The number of alkyl halides is 3. The zero-order chi connectivity index (χ0) is 20.8. The Balaban J connectivity index is 0.000000345. The fourth-order valence-electron chi connectivity index (χ4n) is 3.67. The molecular formula is C18H25F3N2O4S. The molecule has 0 aromatic carbocycles. The molecule has 158 valence electrons. The third kappa shape index (κ3) is 5.92. The van der Waals surface area contributed by atoms with Crippen LogP contribution in [0.2, 0.25) is 0 Å². The summed E-state index contributed by atoms with van der Waals surface area (Å²) in [6, 6.07) is 4.29. The van der Waals surface area contributed by atoms with Crippen molar-refractivity contribution < 1.29 is 32.6 Å². The van der Waals surface area contributed by atoms with E-state index in [2.05, 4.69) is 22.4 Å². The SMILES string of the molecule is COCCN1CCC2(CCCN(Cc3cccs3)C2)C1=O.O=C(O)C(F)(F)F. The normalized spacial score (nSPS) is 23.0. The molecular weight excluding hydrogens is 397 g/mol. The highest BCUT2D eigenvalue weighted by Gasteiger charge is 2.48. The number of halogens is 3. The van der Waals surface area contributed by atoms with Gasteiger partial charge in [-0.25, -0.2) is 4.79 Å². The molecule has 0 radical (unpaired) electrons. The Bertz CT molecular complexity index is 654. The van der Waals surface area contributed by atoms with E-state index in [1.165, 1.54) is 4.88 Å². The third-order valence-corrected chi connectivity index (χ3v) is 5.89. The quantitative estimate of drug-likeness (QED) is 0.790. The van der Waals surface area contributed by atoms with Crippen LogP contribution in [-0.4, -0.2) is 72.9 Å². The number of hydrogen-bond donors (Lipinski definition) is 1. The Morgan fingerprint density at radius 1 is 1.36 bits per heavy atom. The highest BCUT2D eigenvalue weighted by atomic mass is 32.1. The number of rotatable bonds is 5. The second-order valence-corrected chi connectivity index (χ2v) is 8.04. The van der Waals surface area contributed by atoms with Gasteiger partial charge in [-0.1, -0.05) is 6.07 Å². The van der Waals surface area contributed by atoms with E-state index < -0.39 is 12.1 Å². The summed E-state index contributed by atoms with van der Waals surface area (Å²) in [7, 11) is 1.69. The molecule has 1 atom stereocenters. The van der Waals surface area contributed by atoms with Gasteiger partial charge in [-0.05, 0) is 37.3 Å². The molecule has 1 aromatic heterocycles. The van der Waals surface area contributed by atoms with E-state index in [0.29, 0.717) is 12.5 Å². The van der Waals surface area contributed by atoms with Gasteiger partial charge in [-0.2, -0.15) is 13.2 Å². The minimum atomic E-state index is -5.08. The van der Waals surface area contributed by atoms with Gasteiger partial charge in [0.2, 0.25) is 5.91 Å². The fourth-order valence-corrected chi connectivity index (χ4v) is 4.42. The Morgan fingerprint density at radius 2 is 2.07 bits per heavy atom. The first-order valence-corrected chi connectivity index (χ1v) is 9.89. The molecule has 1 unspecified atom stereocenters. The molecule has 6 nitrogen and oxygen atoms in total. The molecule has 3 heterocycles. The predicted molar refractivity (Wildman–Crippen MR) is 98.0 cm³/mol. The standard InChI is InChI=1S/C16H24N2O2S.C2HF3O2/c1-20-10-9-18-8-6-16(15(18)19)5-3-7-17(13-16)12-14-4-2-11-21-14;3-2(4,5)1(6)7/h2,4,11H,3,5-10,12-13H2,1H3;(H,6,7). The molecule has 0 aliphatic carbocycles. The minimum Gasteiger partial charge on any atom is -0.475 e. The van der Waals surface area contributed by atoms with E-state index in [9.17, 15) is 18.0 Å². The average molecular weight is 422 g/mol. The number of methoxy groups -OCH3 is 1. The Labute approximate surface area is 165 Å². The molecule has 2 saturated heterocycles. The zero-order valence-corrected chi connectivity index (χ0v) is 16.5. The van der Waals surface area contributed by atoms with Crippen LogP contribution in [0, 0.1) is 5.41 Å². The number of aliphatic carboxylic acids is 1. The topological polar surface area (TPSA) is 70.1 Å². The summed E-state index contributed by atoms with van der Waals surface area (Å²) in [5.74, 6) is -2.40. The molecule has 0 saturated carbocycles. The van der Waals surface area contributed by atoms with Crippen LogP contribution in [0.1, 0.15) is 24.1 Å². The molecule has 1 N–H and O–H groups in total. The molecule has 1 aromatic rings.